The minimum Gasteiger partial charge on any atom is -0.452 e. The van der Waals surface area contributed by atoms with E-state index in [0.717, 1.165) is 11.1 Å². The molecule has 0 heterocycles. The third kappa shape index (κ3) is 9.89. The second kappa shape index (κ2) is 15.1. The van der Waals surface area contributed by atoms with Crippen molar-refractivity contribution >= 4 is 11.9 Å². The first kappa shape index (κ1) is 31.6. The molecule has 0 radical (unpaired) electrons. The van der Waals surface area contributed by atoms with Crippen LogP contribution in [-0.4, -0.2) is 46.9 Å². The number of hydrogen-bond acceptors (Lipinski definition) is 8. The van der Waals surface area contributed by atoms with Crippen molar-refractivity contribution in [2.45, 2.75) is 84.6 Å². The topological polar surface area (TPSA) is 112 Å². The summed E-state index contributed by atoms with van der Waals surface area (Å²) in [5.74, 6) is -0.272. The van der Waals surface area contributed by atoms with Gasteiger partial charge in [-0.05, 0) is 62.1 Å². The fraction of sp³-hybridized carbons (Fsp3) is 0.419. The third-order valence-corrected chi connectivity index (χ3v) is 5.89. The van der Waals surface area contributed by atoms with E-state index in [1.165, 1.54) is 26.0 Å². The molecule has 0 fully saturated rings. The van der Waals surface area contributed by atoms with E-state index in [4.69, 9.17) is 18.9 Å². The molecule has 39 heavy (non-hydrogen) atoms. The van der Waals surface area contributed by atoms with E-state index in [0.29, 0.717) is 24.3 Å². The Hall–Kier alpha value is -3.62. The van der Waals surface area contributed by atoms with Crippen molar-refractivity contribution in [3.8, 4) is 11.5 Å². The number of rotatable bonds is 14. The highest BCUT2D eigenvalue weighted by Gasteiger charge is 2.26. The van der Waals surface area contributed by atoms with Crippen molar-refractivity contribution in [2.24, 2.45) is 0 Å². The highest BCUT2D eigenvalue weighted by atomic mass is 16.7. The number of aliphatic hydroxyl groups is 2. The molecule has 0 saturated carbocycles. The second-order valence-electron chi connectivity index (χ2n) is 9.62. The van der Waals surface area contributed by atoms with Gasteiger partial charge in [-0.1, -0.05) is 64.1 Å². The summed E-state index contributed by atoms with van der Waals surface area (Å²) in [6.07, 6.45) is 3.01. The van der Waals surface area contributed by atoms with Crippen LogP contribution in [-0.2, 0) is 24.5 Å². The van der Waals surface area contributed by atoms with Crippen LogP contribution in [0.1, 0.15) is 65.5 Å². The Labute approximate surface area is 230 Å². The molecule has 8 heteroatoms. The molecule has 0 amide bonds. The van der Waals surface area contributed by atoms with Gasteiger partial charge >= 0.3 is 11.9 Å². The number of carbonyl (C=O) groups is 2. The molecule has 2 N–H and O–H groups in total. The van der Waals surface area contributed by atoms with Gasteiger partial charge in [0.2, 0.25) is 0 Å². The van der Waals surface area contributed by atoms with Crippen LogP contribution in [0.5, 0.6) is 11.5 Å². The van der Waals surface area contributed by atoms with Crippen molar-refractivity contribution in [1.82, 2.24) is 0 Å². The van der Waals surface area contributed by atoms with E-state index in [9.17, 15) is 19.8 Å². The van der Waals surface area contributed by atoms with Crippen molar-refractivity contribution < 1.29 is 38.7 Å². The summed E-state index contributed by atoms with van der Waals surface area (Å²) in [5, 5.41) is 20.0. The van der Waals surface area contributed by atoms with Gasteiger partial charge in [-0.25, -0.2) is 9.59 Å². The number of allylic oxidation sites excluding steroid dienone is 2. The zero-order valence-corrected chi connectivity index (χ0v) is 23.5. The highest BCUT2D eigenvalue weighted by Crippen LogP contribution is 2.33. The molecule has 0 aliphatic carbocycles. The molecule has 4 unspecified atom stereocenters. The molecule has 0 spiro atoms. The third-order valence-electron chi connectivity index (χ3n) is 5.89. The van der Waals surface area contributed by atoms with E-state index < -0.39 is 36.7 Å². The molecule has 0 aromatic heterocycles. The normalized spacial score (nSPS) is 15.0. The monoisotopic (exact) mass is 540 g/mol. The van der Waals surface area contributed by atoms with Gasteiger partial charge in [0.05, 0.1) is 0 Å². The summed E-state index contributed by atoms with van der Waals surface area (Å²) in [6, 6.07) is 14.7. The van der Waals surface area contributed by atoms with E-state index in [2.05, 4.69) is 13.8 Å². The maximum atomic E-state index is 11.9. The molecule has 2 aromatic rings. The van der Waals surface area contributed by atoms with Crippen LogP contribution in [0.2, 0.25) is 0 Å². The van der Waals surface area contributed by atoms with Crippen LogP contribution in [0.15, 0.2) is 72.8 Å². The van der Waals surface area contributed by atoms with Crippen LogP contribution in [0, 0.1) is 0 Å². The highest BCUT2D eigenvalue weighted by molar-refractivity contribution is 5.82. The first-order chi connectivity index (χ1) is 18.5. The van der Waals surface area contributed by atoms with Crippen molar-refractivity contribution in [2.75, 3.05) is 0 Å². The lowest BCUT2D eigenvalue weighted by Crippen LogP contribution is -2.34. The number of aliphatic hydroxyl groups excluding tert-OH is 2. The number of hydrogen-bond donors (Lipinski definition) is 2. The molecule has 0 aliphatic heterocycles. The van der Waals surface area contributed by atoms with Gasteiger partial charge in [0, 0.05) is 17.6 Å². The fourth-order valence-corrected chi connectivity index (χ4v) is 3.51. The summed E-state index contributed by atoms with van der Waals surface area (Å²) in [4.78, 5) is 23.8. The lowest BCUT2D eigenvalue weighted by molar-refractivity contribution is -0.172. The standard InChI is InChI=1S/C31H40O8/c1-7-9-11-27(34)38-29(21(3)32)36-25-17-13-23(14-18-25)31(5,6)24-15-19-26(20-16-24)37-30(22(4)33)39-28(35)12-10-8-2/h9-22,29-30,32-33H,7-8H2,1-6H3. The fourth-order valence-electron chi connectivity index (χ4n) is 3.51. The van der Waals surface area contributed by atoms with E-state index in [-0.39, 0.29) is 5.41 Å². The zero-order valence-electron chi connectivity index (χ0n) is 23.5. The number of carbonyl (C=O) groups excluding carboxylic acids is 2. The zero-order chi connectivity index (χ0) is 29.0. The average molecular weight is 541 g/mol. The molecule has 0 aliphatic rings. The van der Waals surface area contributed by atoms with Gasteiger partial charge < -0.3 is 29.2 Å². The smallest absolute Gasteiger partial charge is 0.333 e. The first-order valence-corrected chi connectivity index (χ1v) is 13.1. The molecule has 2 rings (SSSR count). The predicted molar refractivity (Wildman–Crippen MR) is 148 cm³/mol. The molecule has 0 bridgehead atoms. The molecule has 2 aromatic carbocycles. The van der Waals surface area contributed by atoms with Gasteiger partial charge in [-0.2, -0.15) is 0 Å². The van der Waals surface area contributed by atoms with Crippen LogP contribution in [0.25, 0.3) is 0 Å². The van der Waals surface area contributed by atoms with E-state index >= 15 is 0 Å². The summed E-state index contributed by atoms with van der Waals surface area (Å²) in [5.41, 5.74) is 1.61. The van der Waals surface area contributed by atoms with Gasteiger partial charge in [0.1, 0.15) is 23.7 Å². The van der Waals surface area contributed by atoms with Crippen molar-refractivity contribution in [3.63, 3.8) is 0 Å². The Morgan fingerprint density at radius 2 is 1.05 bits per heavy atom. The molecule has 212 valence electrons. The molecular weight excluding hydrogens is 500 g/mol. The molecule has 0 saturated heterocycles. The maximum absolute atomic E-state index is 11.9. The minimum absolute atomic E-state index is 0.390. The van der Waals surface area contributed by atoms with Crippen molar-refractivity contribution in [3.05, 3.63) is 84.0 Å². The van der Waals surface area contributed by atoms with Crippen LogP contribution < -0.4 is 9.47 Å². The van der Waals surface area contributed by atoms with E-state index in [1.54, 1.807) is 36.4 Å². The van der Waals surface area contributed by atoms with Crippen LogP contribution in [0.4, 0.5) is 0 Å². The molecular formula is C31H40O8. The predicted octanol–water partition coefficient (Wildman–Crippen LogP) is 5.20. The van der Waals surface area contributed by atoms with Gasteiger partial charge in [0.15, 0.2) is 0 Å². The minimum atomic E-state index is -1.14. The van der Waals surface area contributed by atoms with Gasteiger partial charge in [0.25, 0.3) is 12.6 Å². The number of benzene rings is 2. The van der Waals surface area contributed by atoms with Crippen LogP contribution >= 0.6 is 0 Å². The number of ether oxygens (including phenoxy) is 4. The Bertz CT molecular complexity index is 1010. The maximum Gasteiger partial charge on any atom is 0.333 e. The quantitative estimate of drug-likeness (QED) is 0.191. The summed E-state index contributed by atoms with van der Waals surface area (Å²) >= 11 is 0. The van der Waals surface area contributed by atoms with Gasteiger partial charge in [-0.3, -0.25) is 0 Å². The average Bonchev–Trinajstić information content (AvgIpc) is 2.90. The molecule has 8 nitrogen and oxygen atoms in total. The Morgan fingerprint density at radius 3 is 1.33 bits per heavy atom. The van der Waals surface area contributed by atoms with Crippen molar-refractivity contribution in [1.29, 1.82) is 0 Å². The summed E-state index contributed by atoms with van der Waals surface area (Å²) in [6.45, 7) is 10.9. The second-order valence-corrected chi connectivity index (χ2v) is 9.62. The van der Waals surface area contributed by atoms with Gasteiger partial charge in [-0.15, -0.1) is 0 Å². The first-order valence-electron chi connectivity index (χ1n) is 13.1. The Balaban J connectivity index is 2.10. The lowest BCUT2D eigenvalue weighted by atomic mass is 9.78. The van der Waals surface area contributed by atoms with Crippen LogP contribution in [0.3, 0.4) is 0 Å². The number of esters is 2. The Morgan fingerprint density at radius 1 is 0.718 bits per heavy atom. The largest absolute Gasteiger partial charge is 0.452 e. The summed E-state index contributed by atoms with van der Waals surface area (Å²) in [7, 11) is 0. The Kier molecular flexibility index (Phi) is 12.2. The summed E-state index contributed by atoms with van der Waals surface area (Å²) < 4.78 is 21.9. The molecule has 4 atom stereocenters. The van der Waals surface area contributed by atoms with E-state index in [1.807, 2.05) is 38.1 Å². The lowest BCUT2D eigenvalue weighted by Gasteiger charge is -2.27. The SMILES string of the molecule is CCC=CC(=O)OC(Oc1ccc(C(C)(C)c2ccc(OC(OC(=O)C=CCC)C(C)O)cc2)cc1)C(C)O.